The molecule has 160 valence electrons. The number of carbonyl (C=O) groups excluding carboxylic acids is 3. The largest absolute Gasteiger partial charge is 0.483 e. The number of aryl methyl sites for hydroxylation is 1. The van der Waals surface area contributed by atoms with E-state index in [1.54, 1.807) is 42.5 Å². The number of rotatable bonds is 5. The van der Waals surface area contributed by atoms with Gasteiger partial charge in [0.05, 0.1) is 12.5 Å². The van der Waals surface area contributed by atoms with Gasteiger partial charge in [-0.25, -0.2) is 4.98 Å². The number of imidazole rings is 1. The van der Waals surface area contributed by atoms with Gasteiger partial charge in [0.15, 0.2) is 0 Å². The van der Waals surface area contributed by atoms with Gasteiger partial charge >= 0.3 is 0 Å². The summed E-state index contributed by atoms with van der Waals surface area (Å²) < 4.78 is 0. The quantitative estimate of drug-likeness (QED) is 0.539. The maximum Gasteiger partial charge on any atom is 0.290 e. The number of likely N-dealkylation sites (tertiary alicyclic amines) is 1. The van der Waals surface area contributed by atoms with Gasteiger partial charge in [0, 0.05) is 43.7 Å². The minimum Gasteiger partial charge on any atom is -0.483 e. The molecule has 0 spiro atoms. The molecule has 2 aromatic rings. The highest BCUT2D eigenvalue weighted by Crippen LogP contribution is 2.21. The first kappa shape index (κ1) is 22.6. The van der Waals surface area contributed by atoms with Crippen molar-refractivity contribution in [3.63, 3.8) is 0 Å². The highest BCUT2D eigenvalue weighted by molar-refractivity contribution is 5.98. The number of carbonyl (C=O) groups is 4. The lowest BCUT2D eigenvalue weighted by atomic mass is 9.96. The van der Waals surface area contributed by atoms with E-state index in [1.165, 1.54) is 0 Å². The van der Waals surface area contributed by atoms with E-state index in [0.717, 1.165) is 5.56 Å². The van der Waals surface area contributed by atoms with Crippen LogP contribution in [0.25, 0.3) is 0 Å². The highest BCUT2D eigenvalue weighted by Gasteiger charge is 2.28. The summed E-state index contributed by atoms with van der Waals surface area (Å²) >= 11 is 0. The van der Waals surface area contributed by atoms with Crippen LogP contribution in [0.4, 0.5) is 5.69 Å². The van der Waals surface area contributed by atoms with Crippen molar-refractivity contribution >= 4 is 29.9 Å². The molecule has 2 heterocycles. The van der Waals surface area contributed by atoms with Crippen LogP contribution in [0.3, 0.4) is 0 Å². The van der Waals surface area contributed by atoms with Crippen LogP contribution in [0, 0.1) is 12.8 Å². The van der Waals surface area contributed by atoms with Crippen molar-refractivity contribution in [2.75, 3.05) is 18.9 Å². The van der Waals surface area contributed by atoms with Gasteiger partial charge < -0.3 is 25.6 Å². The molecule has 10 nitrogen and oxygen atoms in total. The van der Waals surface area contributed by atoms with E-state index in [-0.39, 0.29) is 30.1 Å². The summed E-state index contributed by atoms with van der Waals surface area (Å²) in [5.74, 6) is 0.101. The maximum atomic E-state index is 12.6. The van der Waals surface area contributed by atoms with Crippen LogP contribution in [-0.2, 0) is 20.9 Å². The number of H-pyrrole nitrogens is 1. The molecule has 1 aromatic carbocycles. The van der Waals surface area contributed by atoms with Crippen molar-refractivity contribution in [2.45, 2.75) is 26.3 Å². The molecule has 3 amide bonds. The molecule has 1 unspecified atom stereocenters. The lowest BCUT2D eigenvalue weighted by Crippen LogP contribution is -2.41. The highest BCUT2D eigenvalue weighted by atomic mass is 16.3. The predicted octanol–water partition coefficient (Wildman–Crippen LogP) is 1.16. The van der Waals surface area contributed by atoms with Crippen molar-refractivity contribution in [1.29, 1.82) is 0 Å². The van der Waals surface area contributed by atoms with Crippen molar-refractivity contribution in [3.8, 4) is 0 Å². The van der Waals surface area contributed by atoms with E-state index in [2.05, 4.69) is 20.6 Å². The second kappa shape index (κ2) is 10.7. The number of anilines is 1. The summed E-state index contributed by atoms with van der Waals surface area (Å²) in [4.78, 5) is 53.4. The number of nitrogens with zero attached hydrogens (tertiary/aromatic N) is 2. The van der Waals surface area contributed by atoms with Gasteiger partial charge in [0.2, 0.25) is 11.8 Å². The molecule has 1 fully saturated rings. The van der Waals surface area contributed by atoms with E-state index in [0.29, 0.717) is 43.0 Å². The second-order valence-corrected chi connectivity index (χ2v) is 6.85. The average Bonchev–Trinajstić information content (AvgIpc) is 3.24. The van der Waals surface area contributed by atoms with Gasteiger partial charge in [0.25, 0.3) is 12.4 Å². The van der Waals surface area contributed by atoms with Crippen molar-refractivity contribution in [3.05, 3.63) is 47.5 Å². The fourth-order valence-corrected chi connectivity index (χ4v) is 3.02. The zero-order chi connectivity index (χ0) is 22.1. The van der Waals surface area contributed by atoms with Crippen LogP contribution in [0.5, 0.6) is 0 Å². The van der Waals surface area contributed by atoms with Gasteiger partial charge in [0.1, 0.15) is 5.82 Å². The molecular weight excluding hydrogens is 390 g/mol. The molecule has 0 radical (unpaired) electrons. The number of nitrogens with one attached hydrogen (secondary N) is 3. The standard InChI is InChI=1S/C19H23N5O3.CH2O2/c1-12-3-4-13(18(26)22-10-16-20-7-8-21-16)9-15(12)23-19(27)14-5-6-17(25)24(2)11-14;2-1-3/h3-4,7-9,14H,5-6,10-11H2,1-2H3,(H,20,21)(H,22,26)(H,23,27);1H,(H,2,3). The Bertz CT molecular complexity index is 897. The Labute approximate surface area is 173 Å². The molecule has 1 aromatic heterocycles. The number of piperidine rings is 1. The van der Waals surface area contributed by atoms with Gasteiger partial charge in [-0.2, -0.15) is 0 Å². The number of carboxylic acid groups (broad SMARTS) is 1. The van der Waals surface area contributed by atoms with Crippen molar-refractivity contribution in [2.24, 2.45) is 5.92 Å². The predicted molar refractivity (Wildman–Crippen MR) is 109 cm³/mol. The number of hydrogen-bond acceptors (Lipinski definition) is 5. The Morgan fingerprint density at radius 1 is 1.40 bits per heavy atom. The van der Waals surface area contributed by atoms with Crippen LogP contribution >= 0.6 is 0 Å². The molecule has 1 atom stereocenters. The van der Waals surface area contributed by atoms with Crippen molar-refractivity contribution < 1.29 is 24.3 Å². The van der Waals surface area contributed by atoms with Gasteiger partial charge in [-0.1, -0.05) is 6.07 Å². The van der Waals surface area contributed by atoms with Gasteiger partial charge in [-0.15, -0.1) is 0 Å². The van der Waals surface area contributed by atoms with E-state index >= 15 is 0 Å². The fraction of sp³-hybridized carbons (Fsp3) is 0.350. The molecule has 3 rings (SSSR count). The topological polar surface area (TPSA) is 144 Å². The summed E-state index contributed by atoms with van der Waals surface area (Å²) in [5, 5.41) is 12.6. The second-order valence-electron chi connectivity index (χ2n) is 6.85. The molecular formula is C20H25N5O5. The zero-order valence-corrected chi connectivity index (χ0v) is 16.8. The third-order valence-corrected chi connectivity index (χ3v) is 4.73. The summed E-state index contributed by atoms with van der Waals surface area (Å²) in [6.45, 7) is 2.33. The van der Waals surface area contributed by atoms with Gasteiger partial charge in [-0.3, -0.25) is 19.2 Å². The first-order valence-electron chi connectivity index (χ1n) is 9.35. The molecule has 0 saturated carbocycles. The molecule has 30 heavy (non-hydrogen) atoms. The summed E-state index contributed by atoms with van der Waals surface area (Å²) in [5.41, 5.74) is 1.93. The third kappa shape index (κ3) is 6.16. The lowest BCUT2D eigenvalue weighted by molar-refractivity contribution is -0.135. The van der Waals surface area contributed by atoms with Gasteiger partial charge in [-0.05, 0) is 31.0 Å². The Balaban J connectivity index is 0.00000101. The monoisotopic (exact) mass is 415 g/mol. The van der Waals surface area contributed by atoms with E-state index in [4.69, 9.17) is 9.90 Å². The van der Waals surface area contributed by atoms with Crippen LogP contribution < -0.4 is 10.6 Å². The molecule has 1 aliphatic heterocycles. The SMILES string of the molecule is Cc1ccc(C(=O)NCc2ncc[nH]2)cc1NC(=O)C1CCC(=O)N(C)C1.O=CO. The first-order valence-corrected chi connectivity index (χ1v) is 9.35. The lowest BCUT2D eigenvalue weighted by Gasteiger charge is -2.28. The van der Waals surface area contributed by atoms with Crippen LogP contribution in [-0.4, -0.2) is 57.8 Å². The number of amides is 3. The fourth-order valence-electron chi connectivity index (χ4n) is 3.02. The molecule has 10 heteroatoms. The number of aromatic amines is 1. The summed E-state index contributed by atoms with van der Waals surface area (Å²) in [6, 6.07) is 5.19. The summed E-state index contributed by atoms with van der Waals surface area (Å²) in [6.07, 6.45) is 4.23. The average molecular weight is 415 g/mol. The third-order valence-electron chi connectivity index (χ3n) is 4.73. The molecule has 0 bridgehead atoms. The molecule has 0 aliphatic carbocycles. The number of aromatic nitrogens is 2. The number of benzene rings is 1. The van der Waals surface area contributed by atoms with E-state index in [9.17, 15) is 14.4 Å². The van der Waals surface area contributed by atoms with E-state index < -0.39 is 0 Å². The Kier molecular flexibility index (Phi) is 8.09. The van der Waals surface area contributed by atoms with Crippen molar-refractivity contribution in [1.82, 2.24) is 20.2 Å². The van der Waals surface area contributed by atoms with E-state index in [1.807, 2.05) is 6.92 Å². The minimum atomic E-state index is -0.250. The normalized spacial score (nSPS) is 15.6. The van der Waals surface area contributed by atoms with Crippen LogP contribution in [0.15, 0.2) is 30.6 Å². The minimum absolute atomic E-state index is 0.0606. The molecule has 1 aliphatic rings. The Hall–Kier alpha value is -3.69. The maximum absolute atomic E-state index is 12.6. The smallest absolute Gasteiger partial charge is 0.290 e. The Morgan fingerprint density at radius 3 is 2.77 bits per heavy atom. The number of hydrogen-bond donors (Lipinski definition) is 4. The summed E-state index contributed by atoms with van der Waals surface area (Å²) in [7, 11) is 1.71. The molecule has 4 N–H and O–H groups in total. The Morgan fingerprint density at radius 2 is 2.13 bits per heavy atom. The zero-order valence-electron chi connectivity index (χ0n) is 16.8. The van der Waals surface area contributed by atoms with Crippen LogP contribution in [0.1, 0.15) is 34.6 Å². The molecule has 1 saturated heterocycles. The first-order chi connectivity index (χ1) is 14.3. The van der Waals surface area contributed by atoms with Crippen LogP contribution in [0.2, 0.25) is 0 Å².